The molecule has 1 unspecified atom stereocenters. The average Bonchev–Trinajstić information content (AvgIpc) is 2.26. The van der Waals surface area contributed by atoms with Crippen LogP contribution < -0.4 is 5.73 Å². The van der Waals surface area contributed by atoms with E-state index in [1.165, 1.54) is 12.1 Å². The summed E-state index contributed by atoms with van der Waals surface area (Å²) in [6, 6.07) is 6.45. The van der Waals surface area contributed by atoms with Crippen molar-refractivity contribution in [2.75, 3.05) is 13.2 Å². The van der Waals surface area contributed by atoms with E-state index in [0.29, 0.717) is 13.0 Å². The lowest BCUT2D eigenvalue weighted by molar-refractivity contribution is 0.127. The van der Waals surface area contributed by atoms with Gasteiger partial charge in [-0.1, -0.05) is 19.1 Å². The number of halogens is 1. The summed E-state index contributed by atoms with van der Waals surface area (Å²) in [4.78, 5) is 0. The van der Waals surface area contributed by atoms with Gasteiger partial charge in [0.25, 0.3) is 0 Å². The topological polar surface area (TPSA) is 46.2 Å². The zero-order valence-corrected chi connectivity index (χ0v) is 9.04. The van der Waals surface area contributed by atoms with Gasteiger partial charge in [-0.05, 0) is 30.5 Å². The van der Waals surface area contributed by atoms with Crippen molar-refractivity contribution in [2.45, 2.75) is 19.8 Å². The molecule has 0 fully saturated rings. The van der Waals surface area contributed by atoms with Crippen molar-refractivity contribution in [3.05, 3.63) is 35.6 Å². The fourth-order valence-corrected chi connectivity index (χ4v) is 1.65. The van der Waals surface area contributed by atoms with Gasteiger partial charge in [0, 0.05) is 12.0 Å². The molecule has 0 bridgehead atoms. The maximum absolute atomic E-state index is 13.0. The molecule has 0 saturated carbocycles. The summed E-state index contributed by atoms with van der Waals surface area (Å²) in [7, 11) is 0. The maximum atomic E-state index is 13.0. The van der Waals surface area contributed by atoms with E-state index in [0.717, 1.165) is 12.0 Å². The fraction of sp³-hybridized carbons (Fsp3) is 0.500. The highest BCUT2D eigenvalue weighted by molar-refractivity contribution is 5.18. The van der Waals surface area contributed by atoms with Crippen LogP contribution >= 0.6 is 0 Å². The number of benzene rings is 1. The van der Waals surface area contributed by atoms with Crippen molar-refractivity contribution >= 4 is 0 Å². The highest BCUT2D eigenvalue weighted by Crippen LogP contribution is 2.25. The summed E-state index contributed by atoms with van der Waals surface area (Å²) in [5.74, 6) is -0.243. The molecule has 0 heterocycles. The third-order valence-electron chi connectivity index (χ3n) is 2.99. The lowest BCUT2D eigenvalue weighted by Gasteiger charge is -2.29. The van der Waals surface area contributed by atoms with Crippen molar-refractivity contribution in [3.8, 4) is 0 Å². The van der Waals surface area contributed by atoms with Crippen LogP contribution in [0.25, 0.3) is 0 Å². The van der Waals surface area contributed by atoms with Gasteiger partial charge in [-0.3, -0.25) is 0 Å². The van der Waals surface area contributed by atoms with E-state index in [4.69, 9.17) is 5.73 Å². The molecule has 0 radical (unpaired) electrons. The largest absolute Gasteiger partial charge is 0.396 e. The number of aliphatic hydroxyl groups is 1. The molecule has 0 spiro atoms. The highest BCUT2D eigenvalue weighted by Gasteiger charge is 2.25. The monoisotopic (exact) mass is 211 g/mol. The molecule has 1 rings (SSSR count). The summed E-state index contributed by atoms with van der Waals surface area (Å²) in [6.07, 6.45) is 1.41. The summed E-state index contributed by atoms with van der Waals surface area (Å²) in [5, 5.41) is 9.33. The highest BCUT2D eigenvalue weighted by atomic mass is 19.1. The number of hydrogen-bond acceptors (Lipinski definition) is 2. The van der Waals surface area contributed by atoms with Gasteiger partial charge >= 0.3 is 0 Å². The number of nitrogens with two attached hydrogens (primary N) is 1. The van der Waals surface area contributed by atoms with Crippen LogP contribution in [0.4, 0.5) is 4.39 Å². The van der Waals surface area contributed by atoms with Crippen LogP contribution in [0, 0.1) is 11.2 Å². The van der Waals surface area contributed by atoms with Crippen molar-refractivity contribution in [1.82, 2.24) is 0 Å². The third-order valence-corrected chi connectivity index (χ3v) is 2.99. The average molecular weight is 211 g/mol. The first-order chi connectivity index (χ1) is 7.15. The van der Waals surface area contributed by atoms with Crippen LogP contribution in [0.5, 0.6) is 0 Å². The molecule has 15 heavy (non-hydrogen) atoms. The van der Waals surface area contributed by atoms with Gasteiger partial charge in [0.15, 0.2) is 0 Å². The molecule has 84 valence electrons. The Kier molecular flexibility index (Phi) is 4.24. The lowest BCUT2D eigenvalue weighted by Crippen LogP contribution is -2.35. The zero-order valence-electron chi connectivity index (χ0n) is 9.04. The van der Waals surface area contributed by atoms with E-state index in [1.54, 1.807) is 6.07 Å². The lowest BCUT2D eigenvalue weighted by atomic mass is 9.80. The number of hydrogen-bond donors (Lipinski definition) is 2. The van der Waals surface area contributed by atoms with Crippen LogP contribution in [0.15, 0.2) is 24.3 Å². The molecular formula is C12H18FNO. The summed E-state index contributed by atoms with van der Waals surface area (Å²) >= 11 is 0. The Morgan fingerprint density at radius 2 is 2.20 bits per heavy atom. The van der Waals surface area contributed by atoms with E-state index in [2.05, 4.69) is 0 Å². The Balaban J connectivity index is 2.82. The molecule has 0 amide bonds. The molecule has 1 atom stereocenters. The van der Waals surface area contributed by atoms with Crippen molar-refractivity contribution < 1.29 is 9.50 Å². The quantitative estimate of drug-likeness (QED) is 0.779. The summed E-state index contributed by atoms with van der Waals surface area (Å²) in [6.45, 7) is 2.44. The van der Waals surface area contributed by atoms with E-state index in [1.807, 2.05) is 13.0 Å². The second kappa shape index (κ2) is 5.24. The first-order valence-corrected chi connectivity index (χ1v) is 5.21. The molecule has 0 aromatic heterocycles. The Hall–Kier alpha value is -0.930. The smallest absolute Gasteiger partial charge is 0.123 e. The first-order valence-electron chi connectivity index (χ1n) is 5.21. The molecule has 0 saturated heterocycles. The summed E-state index contributed by atoms with van der Waals surface area (Å²) < 4.78 is 13.0. The van der Waals surface area contributed by atoms with Gasteiger partial charge in [-0.15, -0.1) is 0 Å². The SMILES string of the molecule is CCC(CN)(CO)Cc1cccc(F)c1. The number of rotatable bonds is 5. The van der Waals surface area contributed by atoms with Crippen LogP contribution in [0.1, 0.15) is 18.9 Å². The normalized spacial score (nSPS) is 14.9. The molecule has 2 nitrogen and oxygen atoms in total. The minimum atomic E-state index is -0.312. The second-order valence-electron chi connectivity index (χ2n) is 4.02. The Labute approximate surface area is 89.9 Å². The van der Waals surface area contributed by atoms with Crippen LogP contribution in [0.3, 0.4) is 0 Å². The Morgan fingerprint density at radius 1 is 1.47 bits per heavy atom. The minimum Gasteiger partial charge on any atom is -0.396 e. The minimum absolute atomic E-state index is 0.0382. The van der Waals surface area contributed by atoms with Gasteiger partial charge < -0.3 is 10.8 Å². The van der Waals surface area contributed by atoms with E-state index in [9.17, 15) is 9.50 Å². The molecule has 0 aliphatic carbocycles. The van der Waals surface area contributed by atoms with Crippen LogP contribution in [-0.2, 0) is 6.42 Å². The molecule has 1 aromatic rings. The predicted molar refractivity (Wildman–Crippen MR) is 59.0 cm³/mol. The van der Waals surface area contributed by atoms with Crippen LogP contribution in [-0.4, -0.2) is 18.3 Å². The molecule has 0 aliphatic heterocycles. The molecule has 3 N–H and O–H groups in total. The first kappa shape index (κ1) is 12.1. The van der Waals surface area contributed by atoms with E-state index >= 15 is 0 Å². The van der Waals surface area contributed by atoms with Gasteiger partial charge in [0.05, 0.1) is 6.61 Å². The molecule has 3 heteroatoms. The Morgan fingerprint density at radius 3 is 2.67 bits per heavy atom. The zero-order chi connectivity index (χ0) is 11.3. The summed E-state index contributed by atoms with van der Waals surface area (Å²) in [5.41, 5.74) is 6.23. The molecular weight excluding hydrogens is 193 g/mol. The van der Waals surface area contributed by atoms with Gasteiger partial charge in [0.1, 0.15) is 5.82 Å². The van der Waals surface area contributed by atoms with Crippen molar-refractivity contribution in [1.29, 1.82) is 0 Å². The van der Waals surface area contributed by atoms with E-state index < -0.39 is 0 Å². The molecule has 0 aliphatic rings. The van der Waals surface area contributed by atoms with Gasteiger partial charge in [0.2, 0.25) is 0 Å². The van der Waals surface area contributed by atoms with Crippen molar-refractivity contribution in [2.24, 2.45) is 11.1 Å². The molecule has 1 aromatic carbocycles. The fourth-order valence-electron chi connectivity index (χ4n) is 1.65. The number of aliphatic hydroxyl groups excluding tert-OH is 1. The van der Waals surface area contributed by atoms with Gasteiger partial charge in [-0.25, -0.2) is 4.39 Å². The third kappa shape index (κ3) is 3.01. The van der Waals surface area contributed by atoms with Gasteiger partial charge in [-0.2, -0.15) is 0 Å². The Bertz CT molecular complexity index is 302. The van der Waals surface area contributed by atoms with Crippen LogP contribution in [0.2, 0.25) is 0 Å². The van der Waals surface area contributed by atoms with E-state index in [-0.39, 0.29) is 17.8 Å². The maximum Gasteiger partial charge on any atom is 0.123 e. The predicted octanol–water partition coefficient (Wildman–Crippen LogP) is 1.72. The second-order valence-corrected chi connectivity index (χ2v) is 4.02. The standard InChI is InChI=1S/C12H18FNO/c1-2-12(8-14,9-15)7-10-4-3-5-11(13)6-10/h3-6,15H,2,7-9,14H2,1H3. The van der Waals surface area contributed by atoms with Crippen molar-refractivity contribution in [3.63, 3.8) is 0 Å².